The number of amides is 2. The fourth-order valence-electron chi connectivity index (χ4n) is 4.07. The molecule has 6 nitrogen and oxygen atoms in total. The van der Waals surface area contributed by atoms with Crippen LogP contribution >= 0.6 is 15.9 Å². The maximum Gasteiger partial charge on any atom is 0.250 e. The van der Waals surface area contributed by atoms with Gasteiger partial charge in [0.25, 0.3) is 5.91 Å². The maximum atomic E-state index is 13.0. The van der Waals surface area contributed by atoms with Crippen LogP contribution < -0.4 is 10.7 Å². The van der Waals surface area contributed by atoms with Crippen LogP contribution in [-0.4, -0.2) is 34.3 Å². The van der Waals surface area contributed by atoms with Gasteiger partial charge in [0.15, 0.2) is 0 Å². The third-order valence-corrected chi connectivity index (χ3v) is 6.59. The Morgan fingerprint density at radius 1 is 1.12 bits per heavy atom. The van der Waals surface area contributed by atoms with Gasteiger partial charge in [-0.3, -0.25) is 9.59 Å². The highest BCUT2D eigenvalue weighted by atomic mass is 79.9. The van der Waals surface area contributed by atoms with Gasteiger partial charge in [0, 0.05) is 36.4 Å². The SMILES string of the molecule is CC(C)c1ccc(C2CC3C(=O)N(CCC(=O)NCc4ccc(Br)cc4)C=CN3N2)cc1. The smallest absolute Gasteiger partial charge is 0.250 e. The second kappa shape index (κ2) is 9.88. The van der Waals surface area contributed by atoms with Crippen molar-refractivity contribution in [2.75, 3.05) is 6.54 Å². The second-order valence-electron chi connectivity index (χ2n) is 8.64. The summed E-state index contributed by atoms with van der Waals surface area (Å²) < 4.78 is 1.01. The fourth-order valence-corrected chi connectivity index (χ4v) is 4.33. The molecule has 2 aliphatic heterocycles. The number of hydrogen-bond donors (Lipinski definition) is 2. The third kappa shape index (κ3) is 5.22. The van der Waals surface area contributed by atoms with Crippen molar-refractivity contribution >= 4 is 27.7 Å². The van der Waals surface area contributed by atoms with Gasteiger partial charge in [-0.15, -0.1) is 0 Å². The van der Waals surface area contributed by atoms with Gasteiger partial charge in [0.05, 0.1) is 6.04 Å². The zero-order valence-corrected chi connectivity index (χ0v) is 20.0. The molecule has 1 saturated heterocycles. The van der Waals surface area contributed by atoms with Gasteiger partial charge in [0.2, 0.25) is 5.91 Å². The number of nitrogens with zero attached hydrogens (tertiary/aromatic N) is 2. The summed E-state index contributed by atoms with van der Waals surface area (Å²) in [7, 11) is 0. The van der Waals surface area contributed by atoms with Gasteiger partial charge in [-0.1, -0.05) is 66.2 Å². The van der Waals surface area contributed by atoms with E-state index in [1.165, 1.54) is 11.1 Å². The quantitative estimate of drug-likeness (QED) is 0.602. The average molecular weight is 497 g/mol. The average Bonchev–Trinajstić information content (AvgIpc) is 3.23. The van der Waals surface area contributed by atoms with E-state index in [0.29, 0.717) is 25.4 Å². The number of hydrazine groups is 1. The lowest BCUT2D eigenvalue weighted by atomic mass is 9.97. The van der Waals surface area contributed by atoms with Crippen molar-refractivity contribution in [3.8, 4) is 0 Å². The van der Waals surface area contributed by atoms with Crippen LogP contribution in [0.25, 0.3) is 0 Å². The molecule has 7 heteroatoms. The summed E-state index contributed by atoms with van der Waals surface area (Å²) in [5.41, 5.74) is 6.96. The predicted molar refractivity (Wildman–Crippen MR) is 128 cm³/mol. The molecule has 0 radical (unpaired) electrons. The van der Waals surface area contributed by atoms with Gasteiger partial charge >= 0.3 is 0 Å². The van der Waals surface area contributed by atoms with E-state index in [2.05, 4.69) is 64.8 Å². The van der Waals surface area contributed by atoms with Gasteiger partial charge < -0.3 is 15.2 Å². The first kappa shape index (κ1) is 22.6. The van der Waals surface area contributed by atoms with E-state index in [9.17, 15) is 9.59 Å². The maximum absolute atomic E-state index is 13.0. The molecule has 2 aromatic carbocycles. The van der Waals surface area contributed by atoms with E-state index < -0.39 is 0 Å². The number of hydrogen-bond acceptors (Lipinski definition) is 4. The summed E-state index contributed by atoms with van der Waals surface area (Å²) in [6.07, 6.45) is 4.63. The third-order valence-electron chi connectivity index (χ3n) is 6.06. The predicted octanol–water partition coefficient (Wildman–Crippen LogP) is 4.21. The van der Waals surface area contributed by atoms with Crippen LogP contribution in [0.2, 0.25) is 0 Å². The van der Waals surface area contributed by atoms with Crippen LogP contribution in [0.1, 0.15) is 55.3 Å². The van der Waals surface area contributed by atoms with Crippen molar-refractivity contribution in [1.29, 1.82) is 0 Å². The zero-order chi connectivity index (χ0) is 22.7. The normalized spacial score (nSPS) is 20.1. The Kier molecular flexibility index (Phi) is 6.96. The minimum absolute atomic E-state index is 0.0296. The molecule has 168 valence electrons. The Balaban J connectivity index is 1.28. The number of fused-ring (bicyclic) bond motifs is 1. The van der Waals surface area contributed by atoms with Crippen molar-refractivity contribution < 1.29 is 9.59 Å². The van der Waals surface area contributed by atoms with Gasteiger partial charge in [-0.05, 0) is 41.2 Å². The minimum Gasteiger partial charge on any atom is -0.352 e. The molecule has 0 aromatic heterocycles. The standard InChI is InChI=1S/C25H29BrN4O2/c1-17(2)19-5-7-20(8-6-19)22-15-23-25(32)29(13-14-30(23)28-22)12-11-24(31)27-16-18-3-9-21(26)10-4-18/h3-10,13-14,17,22-23,28H,11-12,15-16H2,1-2H3,(H,27,31). The Labute approximate surface area is 197 Å². The topological polar surface area (TPSA) is 64.7 Å². The monoisotopic (exact) mass is 496 g/mol. The van der Waals surface area contributed by atoms with Crippen molar-refractivity contribution in [2.24, 2.45) is 0 Å². The van der Waals surface area contributed by atoms with E-state index >= 15 is 0 Å². The van der Waals surface area contributed by atoms with E-state index in [-0.39, 0.29) is 30.3 Å². The number of rotatable bonds is 7. The Bertz CT molecular complexity index is 988. The van der Waals surface area contributed by atoms with E-state index in [1.54, 1.807) is 11.1 Å². The molecule has 2 amide bonds. The molecule has 2 N–H and O–H groups in total. The summed E-state index contributed by atoms with van der Waals surface area (Å²) >= 11 is 3.41. The molecular formula is C25H29BrN4O2. The first-order valence-corrected chi connectivity index (χ1v) is 11.8. The Hall–Kier alpha value is -2.64. The van der Waals surface area contributed by atoms with Gasteiger partial charge in [0.1, 0.15) is 6.04 Å². The molecule has 2 unspecified atom stereocenters. The zero-order valence-electron chi connectivity index (χ0n) is 18.4. The molecule has 0 saturated carbocycles. The molecule has 0 aliphatic carbocycles. The molecular weight excluding hydrogens is 468 g/mol. The highest BCUT2D eigenvalue weighted by Gasteiger charge is 2.39. The summed E-state index contributed by atoms with van der Waals surface area (Å²) in [5.74, 6) is 0.461. The van der Waals surface area contributed by atoms with Crippen LogP contribution in [-0.2, 0) is 16.1 Å². The second-order valence-corrected chi connectivity index (χ2v) is 9.56. The van der Waals surface area contributed by atoms with Crippen molar-refractivity contribution in [2.45, 2.75) is 51.2 Å². The first-order chi connectivity index (χ1) is 15.4. The number of benzene rings is 2. The first-order valence-electron chi connectivity index (χ1n) is 11.0. The Morgan fingerprint density at radius 2 is 1.84 bits per heavy atom. The lowest BCUT2D eigenvalue weighted by Crippen LogP contribution is -2.48. The molecule has 32 heavy (non-hydrogen) atoms. The van der Waals surface area contributed by atoms with Crippen molar-refractivity contribution in [3.63, 3.8) is 0 Å². The molecule has 2 atom stereocenters. The number of carbonyl (C=O) groups is 2. The van der Waals surface area contributed by atoms with Crippen LogP contribution in [0.5, 0.6) is 0 Å². The fraction of sp³-hybridized carbons (Fsp3) is 0.360. The highest BCUT2D eigenvalue weighted by Crippen LogP contribution is 2.31. The van der Waals surface area contributed by atoms with E-state index in [4.69, 9.17) is 0 Å². The number of carbonyl (C=O) groups excluding carboxylic acids is 2. The molecule has 4 rings (SSSR count). The lowest BCUT2D eigenvalue weighted by molar-refractivity contribution is -0.134. The van der Waals surface area contributed by atoms with Crippen LogP contribution in [0.4, 0.5) is 0 Å². The molecule has 1 fully saturated rings. The van der Waals surface area contributed by atoms with E-state index in [1.807, 2.05) is 35.5 Å². The minimum atomic E-state index is -0.249. The molecule has 2 aliphatic rings. The molecule has 0 spiro atoms. The lowest BCUT2D eigenvalue weighted by Gasteiger charge is -2.31. The summed E-state index contributed by atoms with van der Waals surface area (Å²) in [6.45, 7) is 5.22. The van der Waals surface area contributed by atoms with Crippen molar-refractivity contribution in [3.05, 3.63) is 82.1 Å². The van der Waals surface area contributed by atoms with Gasteiger partial charge in [-0.25, -0.2) is 5.43 Å². The van der Waals surface area contributed by atoms with Crippen LogP contribution in [0.15, 0.2) is 65.4 Å². The Morgan fingerprint density at radius 3 is 2.53 bits per heavy atom. The number of halogens is 1. The summed E-state index contributed by atoms with van der Waals surface area (Å²) in [5, 5.41) is 4.82. The highest BCUT2D eigenvalue weighted by molar-refractivity contribution is 9.10. The molecule has 2 heterocycles. The summed E-state index contributed by atoms with van der Waals surface area (Å²) in [6, 6.07) is 16.3. The summed E-state index contributed by atoms with van der Waals surface area (Å²) in [4.78, 5) is 26.9. The molecule has 2 aromatic rings. The van der Waals surface area contributed by atoms with E-state index in [0.717, 1.165) is 10.0 Å². The van der Waals surface area contributed by atoms with Crippen molar-refractivity contribution in [1.82, 2.24) is 20.7 Å². The van der Waals surface area contributed by atoms with Crippen LogP contribution in [0, 0.1) is 0 Å². The largest absolute Gasteiger partial charge is 0.352 e. The molecule has 0 bridgehead atoms. The number of nitrogens with one attached hydrogen (secondary N) is 2. The van der Waals surface area contributed by atoms with Gasteiger partial charge in [-0.2, -0.15) is 0 Å². The van der Waals surface area contributed by atoms with Crippen LogP contribution in [0.3, 0.4) is 0 Å².